The number of nitrogens with zero attached hydrogens (tertiary/aromatic N) is 7. The highest BCUT2D eigenvalue weighted by molar-refractivity contribution is 5.73. The minimum atomic E-state index is -1.04. The number of imidazole rings is 1. The Kier molecular flexibility index (Phi) is 5.70. The second-order valence-corrected chi connectivity index (χ2v) is 7.83. The Morgan fingerprint density at radius 3 is 2.47 bits per heavy atom. The molecule has 1 saturated heterocycles. The number of pyridine rings is 1. The first kappa shape index (κ1) is 21.6. The summed E-state index contributed by atoms with van der Waals surface area (Å²) >= 11 is 0. The van der Waals surface area contributed by atoms with E-state index in [0.717, 1.165) is 23.3 Å². The van der Waals surface area contributed by atoms with Crippen molar-refractivity contribution in [3.8, 4) is 0 Å². The van der Waals surface area contributed by atoms with Crippen LogP contribution >= 0.6 is 0 Å². The van der Waals surface area contributed by atoms with Crippen LogP contribution in [0.3, 0.4) is 0 Å². The lowest BCUT2D eigenvalue weighted by molar-refractivity contribution is -0.129. The topological polar surface area (TPSA) is 131 Å². The summed E-state index contributed by atoms with van der Waals surface area (Å²) in [6, 6.07) is 3.67. The van der Waals surface area contributed by atoms with Crippen molar-refractivity contribution in [2.75, 3.05) is 36.4 Å². The summed E-state index contributed by atoms with van der Waals surface area (Å²) in [6.07, 6.45) is 2.11. The summed E-state index contributed by atoms with van der Waals surface area (Å²) in [5, 5.41) is 13.4. The summed E-state index contributed by atoms with van der Waals surface area (Å²) in [5.74, 6) is 0.565. The van der Waals surface area contributed by atoms with Gasteiger partial charge in [0.25, 0.3) is 5.56 Å². The minimum Gasteiger partial charge on any atom is -0.372 e. The highest BCUT2D eigenvalue weighted by Gasteiger charge is 2.19. The maximum absolute atomic E-state index is 12.5. The van der Waals surface area contributed by atoms with Gasteiger partial charge < -0.3 is 24.8 Å². The molecule has 12 heteroatoms. The first-order valence-corrected chi connectivity index (χ1v) is 10.3. The van der Waals surface area contributed by atoms with E-state index >= 15 is 0 Å². The molecule has 170 valence electrons. The van der Waals surface area contributed by atoms with Gasteiger partial charge in [0.2, 0.25) is 5.91 Å². The molecule has 3 aromatic heterocycles. The Morgan fingerprint density at radius 1 is 1.12 bits per heavy atom. The van der Waals surface area contributed by atoms with Gasteiger partial charge in [-0.05, 0) is 12.1 Å². The van der Waals surface area contributed by atoms with Gasteiger partial charge in [0.15, 0.2) is 11.2 Å². The Labute approximate surface area is 183 Å². The molecule has 1 fully saturated rings. The highest BCUT2D eigenvalue weighted by Crippen LogP contribution is 2.18. The fraction of sp³-hybridized carbons (Fsp3) is 0.450. The molecule has 4 rings (SSSR count). The Balaban J connectivity index is 1.43. The number of carbonyl (C=O) groups is 1. The third-order valence-electron chi connectivity index (χ3n) is 5.74. The molecule has 0 radical (unpaired) electrons. The zero-order valence-corrected chi connectivity index (χ0v) is 18.2. The molecule has 0 aliphatic carbocycles. The van der Waals surface area contributed by atoms with Crippen molar-refractivity contribution >= 4 is 28.6 Å². The number of hydrogen-bond acceptors (Lipinski definition) is 8. The predicted molar refractivity (Wildman–Crippen MR) is 119 cm³/mol. The van der Waals surface area contributed by atoms with Crippen molar-refractivity contribution < 1.29 is 9.90 Å². The molecular weight excluding hydrogens is 416 g/mol. The molecule has 1 aliphatic heterocycles. The Morgan fingerprint density at radius 2 is 1.84 bits per heavy atom. The summed E-state index contributed by atoms with van der Waals surface area (Å²) < 4.78 is 3.82. The van der Waals surface area contributed by atoms with Crippen molar-refractivity contribution in [1.29, 1.82) is 0 Å². The number of rotatable bonds is 5. The number of aryl methyl sites for hydroxylation is 1. The normalized spacial score (nSPS) is 15.2. The standard InChI is InChI=1S/C20H26N8O4/c1-13(29)26-6-8-27(9-7-26)14-4-5-15(21-10-14)23-16(30)11-28-12-22-18-17(28)19(31)25(3)20(32)24(18)2/h4-5,10,12,16,30H,6-9,11H2,1-3H3,(H,21,23). The van der Waals surface area contributed by atoms with Crippen LogP contribution in [0.4, 0.5) is 11.5 Å². The highest BCUT2D eigenvalue weighted by atomic mass is 16.3. The molecule has 12 nitrogen and oxygen atoms in total. The van der Waals surface area contributed by atoms with E-state index in [1.807, 2.05) is 11.0 Å². The van der Waals surface area contributed by atoms with Gasteiger partial charge in [-0.25, -0.2) is 14.8 Å². The molecule has 4 heterocycles. The molecule has 3 aromatic rings. The minimum absolute atomic E-state index is 0.0420. The zero-order valence-electron chi connectivity index (χ0n) is 18.2. The van der Waals surface area contributed by atoms with Crippen LogP contribution in [-0.4, -0.2) is 72.0 Å². The van der Waals surface area contributed by atoms with Crippen LogP contribution in [-0.2, 0) is 25.4 Å². The van der Waals surface area contributed by atoms with Gasteiger partial charge in [-0.2, -0.15) is 0 Å². The maximum atomic E-state index is 12.5. The second-order valence-electron chi connectivity index (χ2n) is 7.83. The molecule has 1 unspecified atom stereocenters. The van der Waals surface area contributed by atoms with Gasteiger partial charge in [0.1, 0.15) is 12.0 Å². The molecular formula is C20H26N8O4. The van der Waals surface area contributed by atoms with E-state index in [4.69, 9.17) is 0 Å². The van der Waals surface area contributed by atoms with Crippen LogP contribution in [0.1, 0.15) is 6.92 Å². The number of piperazine rings is 1. The molecule has 2 N–H and O–H groups in total. The van der Waals surface area contributed by atoms with Gasteiger partial charge in [-0.1, -0.05) is 0 Å². The van der Waals surface area contributed by atoms with Crippen LogP contribution in [0.5, 0.6) is 0 Å². The van der Waals surface area contributed by atoms with Crippen LogP contribution in [0, 0.1) is 0 Å². The third kappa shape index (κ3) is 3.96. The van der Waals surface area contributed by atoms with E-state index in [1.54, 1.807) is 26.2 Å². The van der Waals surface area contributed by atoms with Crippen molar-refractivity contribution in [2.45, 2.75) is 19.7 Å². The summed E-state index contributed by atoms with van der Waals surface area (Å²) in [7, 11) is 2.95. The average Bonchev–Trinajstić information content (AvgIpc) is 3.20. The molecule has 0 saturated carbocycles. The first-order valence-electron chi connectivity index (χ1n) is 10.3. The lowest BCUT2D eigenvalue weighted by Gasteiger charge is -2.35. The van der Waals surface area contributed by atoms with E-state index in [9.17, 15) is 19.5 Å². The maximum Gasteiger partial charge on any atom is 0.332 e. The third-order valence-corrected chi connectivity index (χ3v) is 5.74. The summed E-state index contributed by atoms with van der Waals surface area (Å²) in [5.41, 5.74) is 0.512. The number of amides is 1. The molecule has 1 atom stereocenters. The lowest BCUT2D eigenvalue weighted by atomic mass is 10.2. The molecule has 1 aliphatic rings. The van der Waals surface area contributed by atoms with Crippen LogP contribution in [0.25, 0.3) is 11.2 Å². The van der Waals surface area contributed by atoms with Gasteiger partial charge >= 0.3 is 5.69 Å². The van der Waals surface area contributed by atoms with Crippen LogP contribution in [0.2, 0.25) is 0 Å². The second kappa shape index (κ2) is 8.46. The number of aliphatic hydroxyl groups excluding tert-OH is 1. The van der Waals surface area contributed by atoms with Gasteiger partial charge in [-0.15, -0.1) is 0 Å². The SMILES string of the molecule is CC(=O)N1CCN(c2ccc(NC(O)Cn3cnc4c3c(=O)n(C)c(=O)n4C)nc2)CC1. The fourth-order valence-electron chi connectivity index (χ4n) is 3.88. The number of anilines is 2. The van der Waals surface area contributed by atoms with E-state index in [1.165, 1.54) is 22.5 Å². The number of fused-ring (bicyclic) bond motifs is 1. The molecule has 1 amide bonds. The van der Waals surface area contributed by atoms with Crippen molar-refractivity contribution in [2.24, 2.45) is 14.1 Å². The predicted octanol–water partition coefficient (Wildman–Crippen LogP) is -1.07. The molecule has 32 heavy (non-hydrogen) atoms. The molecule has 0 bridgehead atoms. The van der Waals surface area contributed by atoms with Crippen LogP contribution < -0.4 is 21.5 Å². The quantitative estimate of drug-likeness (QED) is 0.478. The van der Waals surface area contributed by atoms with Crippen molar-refractivity contribution in [3.05, 3.63) is 45.5 Å². The summed E-state index contributed by atoms with van der Waals surface area (Å²) in [4.78, 5) is 48.5. The average molecular weight is 442 g/mol. The number of nitrogens with one attached hydrogen (secondary N) is 1. The monoisotopic (exact) mass is 442 g/mol. The molecule has 0 aromatic carbocycles. The van der Waals surface area contributed by atoms with E-state index in [0.29, 0.717) is 18.9 Å². The largest absolute Gasteiger partial charge is 0.372 e. The van der Waals surface area contributed by atoms with E-state index in [2.05, 4.69) is 20.2 Å². The van der Waals surface area contributed by atoms with Gasteiger partial charge in [0.05, 0.1) is 24.8 Å². The number of aromatic nitrogens is 5. The van der Waals surface area contributed by atoms with Gasteiger partial charge in [0, 0.05) is 47.2 Å². The molecule has 0 spiro atoms. The zero-order chi connectivity index (χ0) is 23.0. The fourth-order valence-corrected chi connectivity index (χ4v) is 3.88. The van der Waals surface area contributed by atoms with Crippen molar-refractivity contribution in [1.82, 2.24) is 28.6 Å². The van der Waals surface area contributed by atoms with Crippen LogP contribution in [0.15, 0.2) is 34.2 Å². The van der Waals surface area contributed by atoms with Crippen molar-refractivity contribution in [3.63, 3.8) is 0 Å². The number of hydrogen-bond donors (Lipinski definition) is 2. The Bertz CT molecular complexity index is 1250. The number of carbonyl (C=O) groups excluding carboxylic acids is 1. The number of aliphatic hydroxyl groups is 1. The van der Waals surface area contributed by atoms with Gasteiger partial charge in [-0.3, -0.25) is 18.7 Å². The lowest BCUT2D eigenvalue weighted by Crippen LogP contribution is -2.48. The van der Waals surface area contributed by atoms with E-state index in [-0.39, 0.29) is 23.6 Å². The Hall–Kier alpha value is -3.67. The smallest absolute Gasteiger partial charge is 0.332 e. The summed E-state index contributed by atoms with van der Waals surface area (Å²) in [6.45, 7) is 4.45. The van der Waals surface area contributed by atoms with E-state index < -0.39 is 17.5 Å². The first-order chi connectivity index (χ1) is 15.3.